The van der Waals surface area contributed by atoms with E-state index in [1.54, 1.807) is 0 Å². The van der Waals surface area contributed by atoms with Crippen LogP contribution in [-0.2, 0) is 19.2 Å². The summed E-state index contributed by atoms with van der Waals surface area (Å²) in [7, 11) is 0. The molecule has 0 bridgehead atoms. The lowest BCUT2D eigenvalue weighted by Gasteiger charge is -2.15. The molecule has 0 saturated heterocycles. The van der Waals surface area contributed by atoms with Crippen LogP contribution in [0.3, 0.4) is 0 Å². The molecule has 2 atom stereocenters. The standard InChI is InChI=1S/C10H18N4O4/c11-7(2-4-9(13)17)10(18)14-6(5-15)1-3-8(12)16/h5-7H,1-4,11H2,(H2,12,16)(H2,13,17)(H,14,18)/t6-,7-/m0/s1. The maximum atomic E-state index is 11.5. The monoisotopic (exact) mass is 258 g/mol. The van der Waals surface area contributed by atoms with Gasteiger partial charge in [0.25, 0.3) is 0 Å². The third-order valence-corrected chi connectivity index (χ3v) is 2.23. The van der Waals surface area contributed by atoms with Crippen LogP contribution in [0.5, 0.6) is 0 Å². The molecular weight excluding hydrogens is 240 g/mol. The summed E-state index contributed by atoms with van der Waals surface area (Å²) in [6.07, 6.45) is 0.694. The molecular formula is C10H18N4O4. The van der Waals surface area contributed by atoms with Gasteiger partial charge in [-0.05, 0) is 12.8 Å². The molecule has 0 unspecified atom stereocenters. The molecule has 0 spiro atoms. The van der Waals surface area contributed by atoms with Crippen LogP contribution in [0, 0.1) is 0 Å². The Labute approximate surface area is 104 Å². The summed E-state index contributed by atoms with van der Waals surface area (Å²) in [6.45, 7) is 0. The predicted molar refractivity (Wildman–Crippen MR) is 62.8 cm³/mol. The zero-order valence-corrected chi connectivity index (χ0v) is 9.93. The van der Waals surface area contributed by atoms with Gasteiger partial charge in [-0.25, -0.2) is 0 Å². The van der Waals surface area contributed by atoms with Crippen LogP contribution in [0.2, 0.25) is 0 Å². The van der Waals surface area contributed by atoms with E-state index in [0.717, 1.165) is 0 Å². The van der Waals surface area contributed by atoms with Crippen LogP contribution in [0.4, 0.5) is 0 Å². The molecule has 0 heterocycles. The molecule has 0 aromatic carbocycles. The molecule has 0 radical (unpaired) electrons. The van der Waals surface area contributed by atoms with Gasteiger partial charge in [0.05, 0.1) is 12.1 Å². The number of hydrogen-bond acceptors (Lipinski definition) is 5. The Bertz CT molecular complexity index is 332. The highest BCUT2D eigenvalue weighted by molar-refractivity contribution is 5.85. The smallest absolute Gasteiger partial charge is 0.237 e. The Morgan fingerprint density at radius 3 is 2.00 bits per heavy atom. The number of nitrogens with one attached hydrogen (secondary N) is 1. The molecule has 102 valence electrons. The van der Waals surface area contributed by atoms with Gasteiger partial charge in [0.2, 0.25) is 17.7 Å². The number of primary amides is 2. The van der Waals surface area contributed by atoms with Gasteiger partial charge in [-0.1, -0.05) is 0 Å². The summed E-state index contributed by atoms with van der Waals surface area (Å²) in [5, 5.41) is 2.35. The van der Waals surface area contributed by atoms with Crippen LogP contribution in [0.1, 0.15) is 25.7 Å². The molecule has 0 aromatic heterocycles. The fourth-order valence-electron chi connectivity index (χ4n) is 1.19. The Kier molecular flexibility index (Phi) is 7.29. The first-order chi connectivity index (χ1) is 8.36. The van der Waals surface area contributed by atoms with Crippen molar-refractivity contribution in [1.29, 1.82) is 0 Å². The molecule has 0 aliphatic heterocycles. The SMILES string of the molecule is NC(=O)CC[C@@H](C=O)NC(=O)[C@@H](N)CCC(N)=O. The van der Waals surface area contributed by atoms with Gasteiger partial charge < -0.3 is 27.3 Å². The zero-order chi connectivity index (χ0) is 14.1. The summed E-state index contributed by atoms with van der Waals surface area (Å²) in [6, 6.07) is -1.74. The molecule has 0 aromatic rings. The van der Waals surface area contributed by atoms with E-state index in [1.807, 2.05) is 0 Å². The van der Waals surface area contributed by atoms with Crippen molar-refractivity contribution in [3.05, 3.63) is 0 Å². The molecule has 0 aliphatic carbocycles. The largest absolute Gasteiger partial charge is 0.370 e. The Balaban J connectivity index is 4.12. The van der Waals surface area contributed by atoms with Gasteiger partial charge in [0, 0.05) is 12.8 Å². The Hall–Kier alpha value is -1.96. The van der Waals surface area contributed by atoms with Crippen molar-refractivity contribution in [3.8, 4) is 0 Å². The van der Waals surface area contributed by atoms with E-state index in [-0.39, 0.29) is 25.7 Å². The van der Waals surface area contributed by atoms with Crippen LogP contribution in [0.25, 0.3) is 0 Å². The number of rotatable bonds is 9. The summed E-state index contributed by atoms with van der Waals surface area (Å²) >= 11 is 0. The lowest BCUT2D eigenvalue weighted by Crippen LogP contribution is -2.46. The van der Waals surface area contributed by atoms with Crippen LogP contribution in [-0.4, -0.2) is 36.1 Å². The molecule has 8 heteroatoms. The van der Waals surface area contributed by atoms with Crippen LogP contribution >= 0.6 is 0 Å². The molecule has 0 fully saturated rings. The minimum Gasteiger partial charge on any atom is -0.370 e. The number of hydrogen-bond donors (Lipinski definition) is 4. The van der Waals surface area contributed by atoms with Crippen molar-refractivity contribution in [1.82, 2.24) is 5.32 Å². The van der Waals surface area contributed by atoms with E-state index in [9.17, 15) is 19.2 Å². The van der Waals surface area contributed by atoms with E-state index in [4.69, 9.17) is 17.2 Å². The number of nitrogens with two attached hydrogens (primary N) is 3. The molecule has 3 amide bonds. The highest BCUT2D eigenvalue weighted by Gasteiger charge is 2.18. The molecule has 0 saturated carbocycles. The highest BCUT2D eigenvalue weighted by Crippen LogP contribution is 1.98. The average Bonchev–Trinajstić information content (AvgIpc) is 2.30. The first-order valence-electron chi connectivity index (χ1n) is 5.44. The summed E-state index contributed by atoms with van der Waals surface area (Å²) in [5.41, 5.74) is 15.3. The lowest BCUT2D eigenvalue weighted by atomic mass is 10.1. The second-order valence-corrected chi connectivity index (χ2v) is 3.87. The minimum atomic E-state index is -0.923. The molecule has 7 N–H and O–H groups in total. The summed E-state index contributed by atoms with van der Waals surface area (Å²) in [4.78, 5) is 43.2. The van der Waals surface area contributed by atoms with Crippen molar-refractivity contribution in [2.24, 2.45) is 17.2 Å². The third kappa shape index (κ3) is 7.34. The summed E-state index contributed by atoms with van der Waals surface area (Å²) in [5.74, 6) is -1.69. The van der Waals surface area contributed by atoms with E-state index >= 15 is 0 Å². The van der Waals surface area contributed by atoms with Gasteiger partial charge in [0.15, 0.2) is 0 Å². The van der Waals surface area contributed by atoms with Gasteiger partial charge in [-0.15, -0.1) is 0 Å². The van der Waals surface area contributed by atoms with Crippen molar-refractivity contribution in [2.45, 2.75) is 37.8 Å². The van der Waals surface area contributed by atoms with E-state index in [0.29, 0.717) is 6.29 Å². The van der Waals surface area contributed by atoms with Crippen molar-refractivity contribution >= 4 is 24.0 Å². The zero-order valence-electron chi connectivity index (χ0n) is 9.93. The van der Waals surface area contributed by atoms with E-state index in [2.05, 4.69) is 5.32 Å². The fraction of sp³-hybridized carbons (Fsp3) is 0.600. The normalized spacial score (nSPS) is 13.4. The van der Waals surface area contributed by atoms with E-state index < -0.39 is 29.8 Å². The second kappa shape index (κ2) is 8.18. The Morgan fingerprint density at radius 1 is 1.06 bits per heavy atom. The number of carbonyl (C=O) groups excluding carboxylic acids is 4. The second-order valence-electron chi connectivity index (χ2n) is 3.87. The van der Waals surface area contributed by atoms with Gasteiger partial charge in [0.1, 0.15) is 6.29 Å². The number of aldehydes is 1. The number of amides is 3. The van der Waals surface area contributed by atoms with Crippen molar-refractivity contribution in [2.75, 3.05) is 0 Å². The Morgan fingerprint density at radius 2 is 1.56 bits per heavy atom. The van der Waals surface area contributed by atoms with Gasteiger partial charge in [-0.2, -0.15) is 0 Å². The topological polar surface area (TPSA) is 158 Å². The van der Waals surface area contributed by atoms with Crippen LogP contribution < -0.4 is 22.5 Å². The van der Waals surface area contributed by atoms with Crippen LogP contribution in [0.15, 0.2) is 0 Å². The fourth-order valence-corrected chi connectivity index (χ4v) is 1.19. The van der Waals surface area contributed by atoms with Crippen molar-refractivity contribution in [3.63, 3.8) is 0 Å². The maximum Gasteiger partial charge on any atom is 0.237 e. The third-order valence-electron chi connectivity index (χ3n) is 2.23. The maximum absolute atomic E-state index is 11.5. The highest BCUT2D eigenvalue weighted by atomic mass is 16.2. The quantitative estimate of drug-likeness (QED) is 0.337. The van der Waals surface area contributed by atoms with Crippen molar-refractivity contribution < 1.29 is 19.2 Å². The predicted octanol–water partition coefficient (Wildman–Crippen LogP) is -2.47. The first-order valence-corrected chi connectivity index (χ1v) is 5.44. The first kappa shape index (κ1) is 16.0. The molecule has 0 aliphatic rings. The van der Waals surface area contributed by atoms with Gasteiger partial charge >= 0.3 is 0 Å². The molecule has 18 heavy (non-hydrogen) atoms. The summed E-state index contributed by atoms with van der Waals surface area (Å²) < 4.78 is 0. The van der Waals surface area contributed by atoms with E-state index in [1.165, 1.54) is 0 Å². The lowest BCUT2D eigenvalue weighted by molar-refractivity contribution is -0.126. The number of carbonyl (C=O) groups is 4. The minimum absolute atomic E-state index is 0.0123. The average molecular weight is 258 g/mol. The van der Waals surface area contributed by atoms with Gasteiger partial charge in [-0.3, -0.25) is 14.4 Å². The molecule has 8 nitrogen and oxygen atoms in total. The molecule has 0 rings (SSSR count).